The molecule has 0 spiro atoms. The van der Waals surface area contributed by atoms with Crippen LogP contribution in [0.3, 0.4) is 0 Å². The van der Waals surface area contributed by atoms with Crippen molar-refractivity contribution in [1.82, 2.24) is 15.0 Å². The Balaban J connectivity index is 1.98. The van der Waals surface area contributed by atoms with Crippen LogP contribution < -0.4 is 28.4 Å². The largest absolute Gasteiger partial charge is 0.496 e. The van der Waals surface area contributed by atoms with Crippen LogP contribution in [0.15, 0.2) is 18.2 Å². The predicted octanol–water partition coefficient (Wildman–Crippen LogP) is 5.16. The van der Waals surface area contributed by atoms with E-state index in [2.05, 4.69) is 0 Å². The van der Waals surface area contributed by atoms with Gasteiger partial charge >= 0.3 is 0 Å². The Kier molecular flexibility index (Phi) is 4.05. The third-order valence-electron chi connectivity index (χ3n) is 7.11. The van der Waals surface area contributed by atoms with Gasteiger partial charge in [-0.05, 0) is 0 Å². The normalized spacial score (nSPS) is 12.2. The minimum absolute atomic E-state index is 0.449. The summed E-state index contributed by atoms with van der Waals surface area (Å²) in [5.74, 6) is 3.15. The zero-order valence-electron chi connectivity index (χ0n) is 20.5. The van der Waals surface area contributed by atoms with E-state index in [-0.39, 0.29) is 0 Å². The van der Waals surface area contributed by atoms with Crippen LogP contribution in [0.2, 0.25) is 0 Å². The van der Waals surface area contributed by atoms with Crippen LogP contribution in [-0.4, -0.2) is 57.6 Å². The number of rotatable bonds is 6. The Morgan fingerprint density at radius 3 is 0.861 bits per heavy atom. The van der Waals surface area contributed by atoms with E-state index >= 15 is 0 Å². The minimum Gasteiger partial charge on any atom is -0.496 e. The maximum Gasteiger partial charge on any atom is 0.225 e. The van der Waals surface area contributed by atoms with Crippen LogP contribution in [0.1, 0.15) is 0 Å². The van der Waals surface area contributed by atoms with Crippen LogP contribution in [-0.2, 0) is 0 Å². The number of pyridine rings is 3. The molecule has 0 aliphatic rings. The fourth-order valence-corrected chi connectivity index (χ4v) is 5.77. The van der Waals surface area contributed by atoms with Crippen LogP contribution in [0.4, 0.5) is 0 Å². The summed E-state index contributed by atoms with van der Waals surface area (Å²) in [4.78, 5) is 14.6. The van der Waals surface area contributed by atoms with Crippen LogP contribution >= 0.6 is 0 Å². The number of nitrogens with zero attached hydrogens (tertiary/aromatic N) is 3. The lowest BCUT2D eigenvalue weighted by Crippen LogP contribution is -2.04. The monoisotopic (exact) mass is 483 g/mol. The molecule has 0 atom stereocenters. The fraction of sp³-hybridized carbons (Fsp3) is 0.222. The van der Waals surface area contributed by atoms with Crippen molar-refractivity contribution in [1.29, 1.82) is 0 Å². The van der Waals surface area contributed by atoms with Gasteiger partial charge in [0.05, 0.1) is 75.4 Å². The van der Waals surface area contributed by atoms with Gasteiger partial charge in [0.1, 0.15) is 17.2 Å². The Bertz CT molecular complexity index is 1630. The summed E-state index contributed by atoms with van der Waals surface area (Å²) in [6.07, 6.45) is 0. The highest BCUT2D eigenvalue weighted by Crippen LogP contribution is 2.56. The first-order valence-corrected chi connectivity index (χ1v) is 11.2. The molecule has 9 heteroatoms. The smallest absolute Gasteiger partial charge is 0.225 e. The Hall–Kier alpha value is -4.53. The Morgan fingerprint density at radius 1 is 0.361 bits per heavy atom. The van der Waals surface area contributed by atoms with Crippen molar-refractivity contribution in [3.8, 4) is 34.9 Å². The molecule has 7 aromatic rings. The second kappa shape index (κ2) is 7.00. The Labute approximate surface area is 204 Å². The molecular weight excluding hydrogens is 462 g/mol. The standard InChI is InChI=1S/C27H21N3O6/c1-31-13-7-10-16-22-17-11(29-25(34-4)19(13)22)8-14(32-2)21-24(17)18-12(30-27(21)36-6)9-15(33-3)20(23(16)18)26(28-10)35-5/h7-9H,1-6H3. The van der Waals surface area contributed by atoms with Crippen molar-refractivity contribution in [2.24, 2.45) is 0 Å². The highest BCUT2D eigenvalue weighted by molar-refractivity contribution is 6.46. The van der Waals surface area contributed by atoms with Gasteiger partial charge in [-0.3, -0.25) is 0 Å². The highest BCUT2D eigenvalue weighted by Gasteiger charge is 2.31. The fourth-order valence-electron chi connectivity index (χ4n) is 5.77. The SMILES string of the molecule is COc1cc2nc(OC)c3c(OC)cc4nc(OC)c5c(OC)cc6nc(OC)c1c1c6c5c4c3c21. The maximum atomic E-state index is 5.83. The van der Waals surface area contributed by atoms with E-state index in [1.165, 1.54) is 0 Å². The lowest BCUT2D eigenvalue weighted by Gasteiger charge is -2.24. The van der Waals surface area contributed by atoms with E-state index in [0.717, 1.165) is 65.0 Å². The molecule has 4 aromatic carbocycles. The van der Waals surface area contributed by atoms with E-state index in [1.54, 1.807) is 42.7 Å². The van der Waals surface area contributed by atoms with Crippen molar-refractivity contribution in [3.63, 3.8) is 0 Å². The molecule has 0 unspecified atom stereocenters. The van der Waals surface area contributed by atoms with Crippen molar-refractivity contribution in [2.45, 2.75) is 0 Å². The van der Waals surface area contributed by atoms with E-state index in [0.29, 0.717) is 34.9 Å². The molecule has 0 bridgehead atoms. The molecule has 7 rings (SSSR count). The average molecular weight is 483 g/mol. The predicted molar refractivity (Wildman–Crippen MR) is 138 cm³/mol. The number of benzene rings is 4. The average Bonchev–Trinajstić information content (AvgIpc) is 2.92. The molecule has 9 nitrogen and oxygen atoms in total. The van der Waals surface area contributed by atoms with Gasteiger partial charge in [0.25, 0.3) is 0 Å². The molecule has 0 radical (unpaired) electrons. The second-order valence-corrected chi connectivity index (χ2v) is 8.53. The van der Waals surface area contributed by atoms with Crippen molar-refractivity contribution >= 4 is 65.0 Å². The first-order valence-electron chi connectivity index (χ1n) is 11.2. The number of ether oxygens (including phenoxy) is 6. The van der Waals surface area contributed by atoms with Gasteiger partial charge in [0, 0.05) is 50.5 Å². The molecular formula is C27H21N3O6. The number of aromatic nitrogens is 3. The van der Waals surface area contributed by atoms with Gasteiger partial charge in [-0.1, -0.05) is 0 Å². The summed E-state index contributed by atoms with van der Waals surface area (Å²) in [5, 5.41) is 7.86. The van der Waals surface area contributed by atoms with Crippen LogP contribution in [0.25, 0.3) is 65.0 Å². The number of hydrogen-bond donors (Lipinski definition) is 0. The molecule has 180 valence electrons. The molecule has 36 heavy (non-hydrogen) atoms. The summed E-state index contributed by atoms with van der Waals surface area (Å²) in [7, 11) is 9.68. The van der Waals surface area contributed by atoms with E-state index < -0.39 is 0 Å². The molecule has 0 fully saturated rings. The van der Waals surface area contributed by atoms with Crippen molar-refractivity contribution < 1.29 is 28.4 Å². The van der Waals surface area contributed by atoms with Gasteiger partial charge in [-0.2, -0.15) is 0 Å². The van der Waals surface area contributed by atoms with Crippen LogP contribution in [0.5, 0.6) is 34.9 Å². The molecule has 0 saturated heterocycles. The zero-order chi connectivity index (χ0) is 24.9. The zero-order valence-corrected chi connectivity index (χ0v) is 20.5. The minimum atomic E-state index is 0.449. The quantitative estimate of drug-likeness (QED) is 0.235. The molecule has 0 amide bonds. The first-order chi connectivity index (χ1) is 17.6. The topological polar surface area (TPSA) is 94.1 Å². The lowest BCUT2D eigenvalue weighted by atomic mass is 9.86. The second-order valence-electron chi connectivity index (χ2n) is 8.53. The van der Waals surface area contributed by atoms with Crippen molar-refractivity contribution in [2.75, 3.05) is 42.7 Å². The van der Waals surface area contributed by atoms with E-state index in [9.17, 15) is 0 Å². The van der Waals surface area contributed by atoms with E-state index in [4.69, 9.17) is 43.4 Å². The van der Waals surface area contributed by atoms with Gasteiger partial charge in [-0.15, -0.1) is 0 Å². The maximum absolute atomic E-state index is 5.83. The molecule has 3 heterocycles. The summed E-state index contributed by atoms with van der Waals surface area (Å²) < 4.78 is 34.8. The van der Waals surface area contributed by atoms with Gasteiger partial charge in [0.2, 0.25) is 17.6 Å². The third-order valence-corrected chi connectivity index (χ3v) is 7.11. The summed E-state index contributed by atoms with van der Waals surface area (Å²) in [5.41, 5.74) is 2.16. The summed E-state index contributed by atoms with van der Waals surface area (Å²) in [6, 6.07) is 5.68. The van der Waals surface area contributed by atoms with Crippen molar-refractivity contribution in [3.05, 3.63) is 18.2 Å². The number of methoxy groups -OCH3 is 6. The van der Waals surface area contributed by atoms with Gasteiger partial charge < -0.3 is 28.4 Å². The van der Waals surface area contributed by atoms with Gasteiger partial charge in [-0.25, -0.2) is 15.0 Å². The first kappa shape index (κ1) is 20.8. The molecule has 0 aliphatic heterocycles. The third kappa shape index (κ3) is 2.23. The lowest BCUT2D eigenvalue weighted by molar-refractivity contribution is 0.393. The van der Waals surface area contributed by atoms with E-state index in [1.807, 2.05) is 18.2 Å². The molecule has 0 N–H and O–H groups in total. The molecule has 0 saturated carbocycles. The Morgan fingerprint density at radius 2 is 0.639 bits per heavy atom. The number of hydrogen-bond acceptors (Lipinski definition) is 9. The highest BCUT2D eigenvalue weighted by atomic mass is 16.5. The van der Waals surface area contributed by atoms with Crippen LogP contribution in [0, 0.1) is 0 Å². The summed E-state index contributed by atoms with van der Waals surface area (Å²) in [6.45, 7) is 0. The van der Waals surface area contributed by atoms with Gasteiger partial charge in [0.15, 0.2) is 0 Å². The summed E-state index contributed by atoms with van der Waals surface area (Å²) >= 11 is 0. The molecule has 3 aromatic heterocycles. The molecule has 0 aliphatic carbocycles.